The van der Waals surface area contributed by atoms with Crippen LogP contribution in [-0.4, -0.2) is 24.6 Å². The molecule has 352 valence electrons. The van der Waals surface area contributed by atoms with Crippen LogP contribution in [0.5, 0.6) is 0 Å². The number of fused-ring (bicyclic) bond motifs is 4. The molecule has 0 atom stereocenters. The van der Waals surface area contributed by atoms with Gasteiger partial charge in [-0.2, -0.15) is 47.2 Å². The zero-order valence-corrected chi connectivity index (χ0v) is 47.2. The van der Waals surface area contributed by atoms with Gasteiger partial charge >= 0.3 is 43.4 Å². The van der Waals surface area contributed by atoms with Gasteiger partial charge in [-0.1, -0.05) is 145 Å². The summed E-state index contributed by atoms with van der Waals surface area (Å²) < 4.78 is 0. The molecule has 0 saturated carbocycles. The van der Waals surface area contributed by atoms with Crippen LogP contribution in [0.4, 0.5) is 0 Å². The number of benzene rings is 4. The first-order valence-corrected chi connectivity index (χ1v) is 28.1. The molecule has 0 bridgehead atoms. The Morgan fingerprint density at radius 3 is 0.909 bits per heavy atom. The zero-order chi connectivity index (χ0) is 43.5. The molecule has 0 aliphatic carbocycles. The van der Waals surface area contributed by atoms with Crippen LogP contribution in [0.2, 0.25) is 0 Å². The third kappa shape index (κ3) is 22.3. The molecule has 0 heterocycles. The van der Waals surface area contributed by atoms with E-state index in [1.807, 2.05) is 0 Å². The van der Waals surface area contributed by atoms with E-state index >= 15 is 0 Å². The molecular formula is C60H78Cl2P2Ti2-2. The van der Waals surface area contributed by atoms with Crippen molar-refractivity contribution in [3.05, 3.63) is 158 Å². The summed E-state index contributed by atoms with van der Waals surface area (Å²) in [6.45, 7) is 9.21. The van der Waals surface area contributed by atoms with Gasteiger partial charge in [-0.05, 0) is 50.3 Å². The van der Waals surface area contributed by atoms with Gasteiger partial charge in [-0.15, -0.1) is 140 Å². The van der Waals surface area contributed by atoms with Crippen LogP contribution in [-0.2, 0) is 43.4 Å². The Bertz CT molecular complexity index is 2020. The quantitative estimate of drug-likeness (QED) is 0.0275. The van der Waals surface area contributed by atoms with Crippen LogP contribution < -0.4 is 35.4 Å². The van der Waals surface area contributed by atoms with Crippen LogP contribution >= 0.6 is 15.8 Å². The van der Waals surface area contributed by atoms with Crippen LogP contribution in [0.3, 0.4) is 0 Å². The molecule has 0 spiro atoms. The van der Waals surface area contributed by atoms with Crippen molar-refractivity contribution in [3.8, 4) is 0 Å². The summed E-state index contributed by atoms with van der Waals surface area (Å²) in [6, 6.07) is 56.9. The molecule has 0 aliphatic heterocycles. The van der Waals surface area contributed by atoms with Crippen molar-refractivity contribution in [1.82, 2.24) is 0 Å². The molecule has 0 saturated heterocycles. The second-order valence-corrected chi connectivity index (χ2v) is 22.2. The molecule has 8 aromatic rings. The normalized spacial score (nSPS) is 10.5. The van der Waals surface area contributed by atoms with Gasteiger partial charge in [-0.25, -0.2) is 0 Å². The molecular weight excluding hydrogens is 949 g/mol. The topological polar surface area (TPSA) is 0 Å². The molecule has 0 unspecified atom stereocenters. The van der Waals surface area contributed by atoms with E-state index in [4.69, 9.17) is 0 Å². The average Bonchev–Trinajstić information content (AvgIpc) is 4.15. The minimum atomic E-state index is 0. The summed E-state index contributed by atoms with van der Waals surface area (Å²) in [5, 5.41) is 14.4. The van der Waals surface area contributed by atoms with Gasteiger partial charge in [0.1, 0.15) is 0 Å². The Labute approximate surface area is 446 Å². The van der Waals surface area contributed by atoms with Crippen molar-refractivity contribution in [1.29, 1.82) is 0 Å². The molecule has 6 heteroatoms. The molecule has 8 aromatic carbocycles. The van der Waals surface area contributed by atoms with Crippen molar-refractivity contribution in [2.75, 3.05) is 24.6 Å². The molecule has 0 nitrogen and oxygen atoms in total. The molecule has 0 radical (unpaired) electrons. The SMILES string of the molecule is CCCCCCP(CCCCCC)c1cc2ccccc2[cH-]1.CCCCCCP(CCCCCC)c1cc2ccccc2[cH-]1.[Cl-].[Cl-].[Ti+2].[Ti+2].c1ccc2[cH-]ccc2c1.c1ccc2[cH-]ccc2c1. The summed E-state index contributed by atoms with van der Waals surface area (Å²) >= 11 is 0. The van der Waals surface area contributed by atoms with Crippen molar-refractivity contribution >= 4 is 69.5 Å². The third-order valence-corrected chi connectivity index (χ3v) is 17.6. The Kier molecular flexibility index (Phi) is 35.8. The standard InChI is InChI=1S/2C21H32P.2C9H7.2ClH.2Ti/c2*1-3-5-7-11-15-22(16-12-8-6-4-2)21-17-19-13-9-10-14-20(19)18-21;2*1-2-5-9-7-3-6-8(9)4-1;;;;/h2*9-10,13-14,17-18H,3-8,11-12,15-16H2,1-2H3;2*1-7H;2*1H;;/q4*-1;;;2*+2/p-2. The second-order valence-electron chi connectivity index (χ2n) is 17.2. The fourth-order valence-electron chi connectivity index (χ4n) is 8.43. The predicted octanol–water partition coefficient (Wildman–Crippen LogP) is 12.8. The van der Waals surface area contributed by atoms with Crippen LogP contribution in [0, 0.1) is 0 Å². The van der Waals surface area contributed by atoms with Gasteiger partial charge in [0.05, 0.1) is 0 Å². The Hall–Kier alpha value is -1.81. The number of rotatable bonds is 22. The smallest absolute Gasteiger partial charge is 1.00 e. The largest absolute Gasteiger partial charge is 2.00 e. The fourth-order valence-corrected chi connectivity index (χ4v) is 13.6. The van der Waals surface area contributed by atoms with E-state index in [1.165, 1.54) is 170 Å². The average molecular weight is 1030 g/mol. The fraction of sp³-hybridized carbons (Fsp3) is 0.400. The van der Waals surface area contributed by atoms with Crippen molar-refractivity contribution in [2.45, 2.75) is 130 Å². The monoisotopic (exact) mass is 1030 g/mol. The molecule has 0 fully saturated rings. The Morgan fingerprint density at radius 1 is 0.333 bits per heavy atom. The minimum Gasteiger partial charge on any atom is -1.00 e. The molecule has 0 amide bonds. The Morgan fingerprint density at radius 2 is 0.621 bits per heavy atom. The number of hydrogen-bond acceptors (Lipinski definition) is 0. The first-order valence-electron chi connectivity index (χ1n) is 24.6. The van der Waals surface area contributed by atoms with Crippen molar-refractivity contribution < 1.29 is 68.2 Å². The van der Waals surface area contributed by atoms with E-state index in [1.54, 1.807) is 10.6 Å². The zero-order valence-electron chi connectivity index (χ0n) is 40.8. The van der Waals surface area contributed by atoms with E-state index < -0.39 is 0 Å². The predicted molar refractivity (Wildman–Crippen MR) is 287 cm³/mol. The van der Waals surface area contributed by atoms with Crippen molar-refractivity contribution in [2.24, 2.45) is 0 Å². The van der Waals surface area contributed by atoms with Gasteiger partial charge in [0.2, 0.25) is 0 Å². The first kappa shape index (κ1) is 62.2. The maximum atomic E-state index is 2.47. The van der Waals surface area contributed by atoms with E-state index in [-0.39, 0.29) is 84.1 Å². The minimum absolute atomic E-state index is 0. The van der Waals surface area contributed by atoms with Gasteiger partial charge in [0.15, 0.2) is 0 Å². The van der Waals surface area contributed by atoms with E-state index in [0.717, 1.165) is 0 Å². The number of hydrogen-bond donors (Lipinski definition) is 0. The number of unbranched alkanes of at least 4 members (excludes halogenated alkanes) is 12. The van der Waals surface area contributed by atoms with Gasteiger partial charge in [0, 0.05) is 0 Å². The molecule has 0 N–H and O–H groups in total. The summed E-state index contributed by atoms with van der Waals surface area (Å²) in [4.78, 5) is 0. The van der Waals surface area contributed by atoms with Gasteiger partial charge < -0.3 is 24.8 Å². The van der Waals surface area contributed by atoms with Crippen LogP contribution in [0.1, 0.15) is 130 Å². The molecule has 0 aliphatic rings. The van der Waals surface area contributed by atoms with Crippen molar-refractivity contribution in [3.63, 3.8) is 0 Å². The van der Waals surface area contributed by atoms with Crippen LogP contribution in [0.15, 0.2) is 158 Å². The van der Waals surface area contributed by atoms with E-state index in [0.29, 0.717) is 0 Å². The molecule has 66 heavy (non-hydrogen) atoms. The van der Waals surface area contributed by atoms with Gasteiger partial charge in [0.25, 0.3) is 0 Å². The summed E-state index contributed by atoms with van der Waals surface area (Å²) in [7, 11) is 0.128. The molecule has 8 rings (SSSR count). The molecule has 0 aromatic heterocycles. The maximum Gasteiger partial charge on any atom is 2.00 e. The Balaban J connectivity index is 0.000000461. The van der Waals surface area contributed by atoms with E-state index in [9.17, 15) is 0 Å². The summed E-state index contributed by atoms with van der Waals surface area (Å²) in [5.41, 5.74) is 0. The third-order valence-electron chi connectivity index (χ3n) is 12.2. The van der Waals surface area contributed by atoms with E-state index in [2.05, 4.69) is 185 Å². The second kappa shape index (κ2) is 38.0. The maximum absolute atomic E-state index is 2.47. The van der Waals surface area contributed by atoms with Gasteiger partial charge in [-0.3, -0.25) is 0 Å². The summed E-state index contributed by atoms with van der Waals surface area (Å²) in [6.07, 6.45) is 28.1. The summed E-state index contributed by atoms with van der Waals surface area (Å²) in [5.74, 6) is 0. The van der Waals surface area contributed by atoms with Crippen LogP contribution in [0.25, 0.3) is 43.1 Å². The first-order chi connectivity index (χ1) is 30.6. The number of halogens is 2.